The summed E-state index contributed by atoms with van der Waals surface area (Å²) in [6, 6.07) is 0. The summed E-state index contributed by atoms with van der Waals surface area (Å²) in [5.41, 5.74) is 7.84. The molecule has 2 heterocycles. The summed E-state index contributed by atoms with van der Waals surface area (Å²) in [6.07, 6.45) is 4.43. The second kappa shape index (κ2) is 3.92. The Kier molecular flexibility index (Phi) is 2.60. The first-order chi connectivity index (χ1) is 7.63. The molecule has 0 amide bonds. The Morgan fingerprint density at radius 3 is 2.62 bits per heavy atom. The fourth-order valence-electron chi connectivity index (χ4n) is 1.74. The number of imidazole rings is 1. The maximum absolute atomic E-state index is 5.90. The minimum absolute atomic E-state index is 0.549. The third-order valence-corrected chi connectivity index (χ3v) is 2.62. The maximum atomic E-state index is 5.90. The van der Waals surface area contributed by atoms with E-state index in [0.717, 1.165) is 23.5 Å². The molecule has 2 aromatic rings. The molecule has 0 aliphatic rings. The molecule has 2 rings (SSSR count). The van der Waals surface area contributed by atoms with E-state index >= 15 is 0 Å². The van der Waals surface area contributed by atoms with E-state index in [4.69, 9.17) is 5.73 Å². The van der Waals surface area contributed by atoms with Crippen LogP contribution in [0.2, 0.25) is 0 Å². The lowest BCUT2D eigenvalue weighted by molar-refractivity contribution is 0.897. The van der Waals surface area contributed by atoms with Crippen molar-refractivity contribution >= 4 is 5.82 Å². The number of aryl methyl sites for hydroxylation is 2. The molecule has 5 heteroatoms. The predicted molar refractivity (Wildman–Crippen MR) is 62.8 cm³/mol. The molecule has 16 heavy (non-hydrogen) atoms. The van der Waals surface area contributed by atoms with Crippen LogP contribution in [-0.4, -0.2) is 19.5 Å². The van der Waals surface area contributed by atoms with Crippen LogP contribution in [0.15, 0.2) is 12.4 Å². The fourth-order valence-corrected chi connectivity index (χ4v) is 1.74. The molecule has 0 atom stereocenters. The molecule has 5 nitrogen and oxygen atoms in total. The van der Waals surface area contributed by atoms with E-state index in [2.05, 4.69) is 15.0 Å². The van der Waals surface area contributed by atoms with Crippen LogP contribution in [0.4, 0.5) is 5.82 Å². The van der Waals surface area contributed by atoms with Gasteiger partial charge in [-0.3, -0.25) is 0 Å². The molecule has 0 radical (unpaired) electrons. The zero-order valence-corrected chi connectivity index (χ0v) is 9.73. The number of hydrogen-bond acceptors (Lipinski definition) is 4. The number of hydrogen-bond donors (Lipinski definition) is 1. The summed E-state index contributed by atoms with van der Waals surface area (Å²) in [6.45, 7) is 3.99. The van der Waals surface area contributed by atoms with Crippen LogP contribution in [0.3, 0.4) is 0 Å². The van der Waals surface area contributed by atoms with Crippen molar-refractivity contribution in [3.05, 3.63) is 23.7 Å². The van der Waals surface area contributed by atoms with Crippen molar-refractivity contribution < 1.29 is 0 Å². The summed E-state index contributed by atoms with van der Waals surface area (Å²) in [4.78, 5) is 12.9. The third kappa shape index (κ3) is 1.64. The quantitative estimate of drug-likeness (QED) is 0.823. The van der Waals surface area contributed by atoms with E-state index in [1.807, 2.05) is 31.7 Å². The molecule has 0 aliphatic carbocycles. The van der Waals surface area contributed by atoms with Crippen molar-refractivity contribution in [3.63, 3.8) is 0 Å². The molecule has 0 aliphatic heterocycles. The summed E-state index contributed by atoms with van der Waals surface area (Å²) in [5, 5.41) is 0. The van der Waals surface area contributed by atoms with Gasteiger partial charge in [-0.05, 0) is 13.3 Å². The van der Waals surface area contributed by atoms with Gasteiger partial charge in [0, 0.05) is 30.7 Å². The van der Waals surface area contributed by atoms with Crippen LogP contribution in [0.25, 0.3) is 11.6 Å². The first-order valence-electron chi connectivity index (χ1n) is 5.24. The van der Waals surface area contributed by atoms with Crippen molar-refractivity contribution in [1.29, 1.82) is 0 Å². The van der Waals surface area contributed by atoms with Crippen molar-refractivity contribution in [3.8, 4) is 11.6 Å². The van der Waals surface area contributed by atoms with Crippen LogP contribution in [-0.2, 0) is 13.5 Å². The highest BCUT2D eigenvalue weighted by Crippen LogP contribution is 2.18. The van der Waals surface area contributed by atoms with Gasteiger partial charge in [0.05, 0.1) is 0 Å². The van der Waals surface area contributed by atoms with Crippen LogP contribution in [0, 0.1) is 6.92 Å². The molecule has 0 spiro atoms. The number of nitrogens with zero attached hydrogens (tertiary/aromatic N) is 4. The molecule has 84 valence electrons. The lowest BCUT2D eigenvalue weighted by Gasteiger charge is -2.08. The van der Waals surface area contributed by atoms with Crippen LogP contribution in [0.1, 0.15) is 18.2 Å². The van der Waals surface area contributed by atoms with Crippen molar-refractivity contribution in [2.45, 2.75) is 20.3 Å². The fraction of sp³-hybridized carbons (Fsp3) is 0.364. The maximum Gasteiger partial charge on any atom is 0.198 e. The SMILES string of the molecule is CCc1c(C)nc(-c2nccn2C)nc1N. The van der Waals surface area contributed by atoms with Crippen molar-refractivity contribution in [1.82, 2.24) is 19.5 Å². The van der Waals surface area contributed by atoms with E-state index in [0.29, 0.717) is 11.6 Å². The number of aromatic nitrogens is 4. The lowest BCUT2D eigenvalue weighted by Crippen LogP contribution is -2.06. The first kappa shape index (κ1) is 10.6. The molecule has 0 saturated carbocycles. The standard InChI is InChI=1S/C11H15N5/c1-4-8-7(2)14-10(15-9(8)12)11-13-5-6-16(11)3/h5-6H,4H2,1-3H3,(H2,12,14,15). The van der Waals surface area contributed by atoms with E-state index < -0.39 is 0 Å². The zero-order valence-electron chi connectivity index (χ0n) is 9.73. The zero-order chi connectivity index (χ0) is 11.7. The highest BCUT2D eigenvalue weighted by atomic mass is 15.1. The molecule has 0 bridgehead atoms. The average Bonchev–Trinajstić information content (AvgIpc) is 2.64. The van der Waals surface area contributed by atoms with Gasteiger partial charge in [0.15, 0.2) is 11.6 Å². The molecule has 0 fully saturated rings. The van der Waals surface area contributed by atoms with Gasteiger partial charge >= 0.3 is 0 Å². The van der Waals surface area contributed by atoms with Gasteiger partial charge in [-0.15, -0.1) is 0 Å². The Morgan fingerprint density at radius 1 is 1.38 bits per heavy atom. The molecule has 2 N–H and O–H groups in total. The second-order valence-corrected chi connectivity index (χ2v) is 3.71. The smallest absolute Gasteiger partial charge is 0.198 e. The average molecular weight is 217 g/mol. The molecule has 0 saturated heterocycles. The summed E-state index contributed by atoms with van der Waals surface area (Å²) in [5.74, 6) is 1.87. The Hall–Kier alpha value is -1.91. The predicted octanol–water partition coefficient (Wildman–Crippen LogP) is 1.33. The normalized spacial score (nSPS) is 10.7. The van der Waals surface area contributed by atoms with Crippen molar-refractivity contribution in [2.24, 2.45) is 7.05 Å². The van der Waals surface area contributed by atoms with Gasteiger partial charge in [-0.1, -0.05) is 6.92 Å². The highest BCUT2D eigenvalue weighted by molar-refractivity contribution is 5.52. The summed E-state index contributed by atoms with van der Waals surface area (Å²) < 4.78 is 1.87. The van der Waals surface area contributed by atoms with Gasteiger partial charge in [-0.25, -0.2) is 15.0 Å². The van der Waals surface area contributed by atoms with E-state index in [1.165, 1.54) is 0 Å². The number of rotatable bonds is 2. The van der Waals surface area contributed by atoms with E-state index in [9.17, 15) is 0 Å². The van der Waals surface area contributed by atoms with E-state index in [1.54, 1.807) is 6.20 Å². The minimum Gasteiger partial charge on any atom is -0.383 e. The molecule has 2 aromatic heterocycles. The van der Waals surface area contributed by atoms with Gasteiger partial charge in [0.25, 0.3) is 0 Å². The Balaban J connectivity index is 2.57. The molecular formula is C11H15N5. The molecular weight excluding hydrogens is 202 g/mol. The van der Waals surface area contributed by atoms with Crippen LogP contribution >= 0.6 is 0 Å². The number of nitrogens with two attached hydrogens (primary N) is 1. The van der Waals surface area contributed by atoms with Gasteiger partial charge in [0.1, 0.15) is 5.82 Å². The Labute approximate surface area is 94.4 Å². The number of nitrogen functional groups attached to an aromatic ring is 1. The van der Waals surface area contributed by atoms with Gasteiger partial charge < -0.3 is 10.3 Å². The third-order valence-electron chi connectivity index (χ3n) is 2.62. The number of anilines is 1. The molecule has 0 unspecified atom stereocenters. The molecule has 0 aromatic carbocycles. The monoisotopic (exact) mass is 217 g/mol. The Bertz CT molecular complexity index is 492. The lowest BCUT2D eigenvalue weighted by atomic mass is 10.2. The Morgan fingerprint density at radius 2 is 2.12 bits per heavy atom. The first-order valence-corrected chi connectivity index (χ1v) is 5.24. The van der Waals surface area contributed by atoms with Crippen molar-refractivity contribution in [2.75, 3.05) is 5.73 Å². The van der Waals surface area contributed by atoms with Gasteiger partial charge in [0.2, 0.25) is 0 Å². The van der Waals surface area contributed by atoms with Crippen LogP contribution in [0.5, 0.6) is 0 Å². The topological polar surface area (TPSA) is 69.6 Å². The van der Waals surface area contributed by atoms with Gasteiger partial charge in [-0.2, -0.15) is 0 Å². The van der Waals surface area contributed by atoms with Crippen LogP contribution < -0.4 is 5.73 Å². The highest BCUT2D eigenvalue weighted by Gasteiger charge is 2.11. The largest absolute Gasteiger partial charge is 0.383 e. The second-order valence-electron chi connectivity index (χ2n) is 3.71. The minimum atomic E-state index is 0.549. The van der Waals surface area contributed by atoms with E-state index in [-0.39, 0.29) is 0 Å². The summed E-state index contributed by atoms with van der Waals surface area (Å²) >= 11 is 0. The summed E-state index contributed by atoms with van der Waals surface area (Å²) in [7, 11) is 1.91.